The number of nitrogens with one attached hydrogen (secondary N) is 1. The van der Waals surface area contributed by atoms with Gasteiger partial charge in [-0.15, -0.1) is 0 Å². The van der Waals surface area contributed by atoms with Crippen LogP contribution in [0.4, 0.5) is 18.9 Å². The van der Waals surface area contributed by atoms with Gasteiger partial charge < -0.3 is 5.73 Å². The molecule has 0 spiro atoms. The number of sulfonamides is 1. The fourth-order valence-electron chi connectivity index (χ4n) is 1.65. The molecule has 21 heavy (non-hydrogen) atoms. The van der Waals surface area contributed by atoms with Crippen molar-refractivity contribution in [1.29, 1.82) is 0 Å². The average molecular weight is 317 g/mol. The molecule has 0 radical (unpaired) electrons. The lowest BCUT2D eigenvalue weighted by Gasteiger charge is -2.11. The molecule has 0 atom stereocenters. The molecule has 1 aromatic heterocycles. The van der Waals surface area contributed by atoms with Crippen LogP contribution in [-0.4, -0.2) is 13.4 Å². The van der Waals surface area contributed by atoms with Gasteiger partial charge in [-0.05, 0) is 12.1 Å². The Kier molecular flexibility index (Phi) is 4.14. The van der Waals surface area contributed by atoms with E-state index >= 15 is 0 Å². The van der Waals surface area contributed by atoms with Crippen molar-refractivity contribution in [3.8, 4) is 0 Å². The molecule has 112 valence electrons. The van der Waals surface area contributed by atoms with Crippen LogP contribution in [0.5, 0.6) is 0 Å². The standard InChI is InChI=1S/C12H10F3N3O2S/c13-8-4-7(5-9(14)12(8)15)18-21(19,20)11-2-1-3-17-10(11)6-16/h1-5,18H,6,16H2. The summed E-state index contributed by atoms with van der Waals surface area (Å²) in [6, 6.07) is 3.69. The Hall–Kier alpha value is -2.13. The summed E-state index contributed by atoms with van der Waals surface area (Å²) in [6.07, 6.45) is 1.36. The first-order valence-corrected chi connectivity index (χ1v) is 7.15. The van der Waals surface area contributed by atoms with Gasteiger partial charge in [0.25, 0.3) is 10.0 Å². The average Bonchev–Trinajstić information content (AvgIpc) is 2.44. The molecule has 0 bridgehead atoms. The van der Waals surface area contributed by atoms with Gasteiger partial charge >= 0.3 is 0 Å². The highest BCUT2D eigenvalue weighted by atomic mass is 32.2. The minimum absolute atomic E-state index is 0.0908. The van der Waals surface area contributed by atoms with Crippen molar-refractivity contribution in [3.05, 3.63) is 53.6 Å². The second-order valence-electron chi connectivity index (χ2n) is 4.01. The zero-order valence-corrected chi connectivity index (χ0v) is 11.3. The maximum absolute atomic E-state index is 13.1. The molecule has 0 aliphatic rings. The molecule has 0 aliphatic heterocycles. The number of aromatic nitrogens is 1. The minimum atomic E-state index is -4.15. The first kappa shape index (κ1) is 15.3. The second kappa shape index (κ2) is 5.70. The van der Waals surface area contributed by atoms with Crippen LogP contribution in [0, 0.1) is 17.5 Å². The summed E-state index contributed by atoms with van der Waals surface area (Å²) in [6.45, 7) is -0.136. The highest BCUT2D eigenvalue weighted by Crippen LogP contribution is 2.21. The van der Waals surface area contributed by atoms with Crippen molar-refractivity contribution in [3.63, 3.8) is 0 Å². The fraction of sp³-hybridized carbons (Fsp3) is 0.0833. The molecule has 1 heterocycles. The van der Waals surface area contributed by atoms with Crippen LogP contribution in [0.15, 0.2) is 35.4 Å². The van der Waals surface area contributed by atoms with Crippen molar-refractivity contribution in [2.45, 2.75) is 11.4 Å². The van der Waals surface area contributed by atoms with E-state index in [-0.39, 0.29) is 17.1 Å². The molecule has 0 amide bonds. The van der Waals surface area contributed by atoms with Crippen molar-refractivity contribution >= 4 is 15.7 Å². The summed E-state index contributed by atoms with van der Waals surface area (Å²) < 4.78 is 65.2. The van der Waals surface area contributed by atoms with E-state index in [0.717, 1.165) is 0 Å². The van der Waals surface area contributed by atoms with Crippen molar-refractivity contribution in [2.75, 3.05) is 4.72 Å². The molecular weight excluding hydrogens is 307 g/mol. The van der Waals surface area contributed by atoms with Crippen LogP contribution >= 0.6 is 0 Å². The molecule has 0 unspecified atom stereocenters. The van der Waals surface area contributed by atoms with E-state index in [2.05, 4.69) is 4.98 Å². The highest BCUT2D eigenvalue weighted by molar-refractivity contribution is 7.92. The van der Waals surface area contributed by atoms with E-state index in [1.807, 2.05) is 4.72 Å². The summed E-state index contributed by atoms with van der Waals surface area (Å²) >= 11 is 0. The van der Waals surface area contributed by atoms with E-state index in [1.54, 1.807) is 0 Å². The SMILES string of the molecule is NCc1ncccc1S(=O)(=O)Nc1cc(F)c(F)c(F)c1. The van der Waals surface area contributed by atoms with Gasteiger partial charge in [0.2, 0.25) is 0 Å². The molecule has 0 saturated carbocycles. The number of hydrogen-bond donors (Lipinski definition) is 2. The van der Waals surface area contributed by atoms with E-state index in [1.165, 1.54) is 18.3 Å². The smallest absolute Gasteiger partial charge is 0.263 e. The lowest BCUT2D eigenvalue weighted by atomic mass is 10.3. The molecule has 5 nitrogen and oxygen atoms in total. The van der Waals surface area contributed by atoms with Gasteiger partial charge in [-0.3, -0.25) is 9.71 Å². The van der Waals surface area contributed by atoms with Crippen LogP contribution in [0.25, 0.3) is 0 Å². The number of anilines is 1. The lowest BCUT2D eigenvalue weighted by molar-refractivity contribution is 0.448. The Balaban J connectivity index is 2.42. The Morgan fingerprint density at radius 1 is 1.19 bits per heavy atom. The van der Waals surface area contributed by atoms with Crippen LogP contribution in [0.1, 0.15) is 5.69 Å². The maximum Gasteiger partial charge on any atom is 0.263 e. The number of benzene rings is 1. The summed E-state index contributed by atoms with van der Waals surface area (Å²) in [7, 11) is -4.15. The quantitative estimate of drug-likeness (QED) is 0.842. The number of nitrogens with two attached hydrogens (primary N) is 1. The molecule has 3 N–H and O–H groups in total. The number of halogens is 3. The van der Waals surface area contributed by atoms with Gasteiger partial charge in [-0.1, -0.05) is 0 Å². The second-order valence-corrected chi connectivity index (χ2v) is 5.66. The van der Waals surface area contributed by atoms with Gasteiger partial charge in [0.05, 0.1) is 11.4 Å². The predicted octanol–water partition coefficient (Wildman–Crippen LogP) is 1.76. The fourth-order valence-corrected chi connectivity index (χ4v) is 2.89. The molecule has 9 heteroatoms. The summed E-state index contributed by atoms with van der Waals surface area (Å²) in [4.78, 5) is 3.58. The summed E-state index contributed by atoms with van der Waals surface area (Å²) in [5.41, 5.74) is 5.03. The Morgan fingerprint density at radius 2 is 1.81 bits per heavy atom. The third-order valence-corrected chi connectivity index (χ3v) is 4.02. The zero-order valence-electron chi connectivity index (χ0n) is 10.5. The lowest BCUT2D eigenvalue weighted by Crippen LogP contribution is -2.17. The number of rotatable bonds is 4. The maximum atomic E-state index is 13.1. The molecule has 0 aliphatic carbocycles. The topological polar surface area (TPSA) is 85.1 Å². The van der Waals surface area contributed by atoms with E-state index in [9.17, 15) is 21.6 Å². The van der Waals surface area contributed by atoms with Crippen molar-refractivity contribution < 1.29 is 21.6 Å². The van der Waals surface area contributed by atoms with Crippen molar-refractivity contribution in [1.82, 2.24) is 4.98 Å². The van der Waals surface area contributed by atoms with Gasteiger partial charge in [0.15, 0.2) is 17.5 Å². The van der Waals surface area contributed by atoms with E-state index in [0.29, 0.717) is 12.1 Å². The van der Waals surface area contributed by atoms with Gasteiger partial charge in [-0.2, -0.15) is 0 Å². The van der Waals surface area contributed by atoms with Gasteiger partial charge in [0, 0.05) is 24.9 Å². The van der Waals surface area contributed by atoms with Crippen LogP contribution in [-0.2, 0) is 16.6 Å². The summed E-state index contributed by atoms with van der Waals surface area (Å²) in [5, 5.41) is 0. The zero-order chi connectivity index (χ0) is 15.6. The van der Waals surface area contributed by atoms with Crippen LogP contribution in [0.2, 0.25) is 0 Å². The third kappa shape index (κ3) is 3.14. The Labute approximate surface area is 118 Å². The van der Waals surface area contributed by atoms with Crippen LogP contribution in [0.3, 0.4) is 0 Å². The number of pyridine rings is 1. The van der Waals surface area contributed by atoms with Crippen molar-refractivity contribution in [2.24, 2.45) is 5.73 Å². The normalized spacial score (nSPS) is 11.4. The van der Waals surface area contributed by atoms with Gasteiger partial charge in [-0.25, -0.2) is 21.6 Å². The first-order chi connectivity index (χ1) is 9.85. The Morgan fingerprint density at radius 3 is 2.38 bits per heavy atom. The molecule has 1 aromatic carbocycles. The molecule has 2 aromatic rings. The highest BCUT2D eigenvalue weighted by Gasteiger charge is 2.20. The van der Waals surface area contributed by atoms with Crippen LogP contribution < -0.4 is 10.5 Å². The monoisotopic (exact) mass is 317 g/mol. The third-order valence-electron chi connectivity index (χ3n) is 2.57. The molecule has 2 rings (SSSR count). The molecule has 0 saturated heterocycles. The molecular formula is C12H10F3N3O2S. The number of nitrogens with zero attached hydrogens (tertiary/aromatic N) is 1. The van der Waals surface area contributed by atoms with E-state index in [4.69, 9.17) is 5.73 Å². The Bertz CT molecular complexity index is 758. The first-order valence-electron chi connectivity index (χ1n) is 5.66. The largest absolute Gasteiger partial charge is 0.325 e. The predicted molar refractivity (Wildman–Crippen MR) is 69.3 cm³/mol. The number of hydrogen-bond acceptors (Lipinski definition) is 4. The minimum Gasteiger partial charge on any atom is -0.325 e. The van der Waals surface area contributed by atoms with E-state index < -0.39 is 33.2 Å². The summed E-state index contributed by atoms with van der Waals surface area (Å²) in [5.74, 6) is -4.68. The molecule has 0 fully saturated rings. The van der Waals surface area contributed by atoms with Gasteiger partial charge in [0.1, 0.15) is 4.90 Å².